The zero-order valence-electron chi connectivity index (χ0n) is 18.1. The van der Waals surface area contributed by atoms with Gasteiger partial charge in [0.25, 0.3) is 5.91 Å². The van der Waals surface area contributed by atoms with Gasteiger partial charge in [0.1, 0.15) is 4.64 Å². The van der Waals surface area contributed by atoms with Crippen molar-refractivity contribution in [1.29, 1.82) is 0 Å². The number of aryl methyl sites for hydroxylation is 1. The quantitative estimate of drug-likeness (QED) is 0.529. The van der Waals surface area contributed by atoms with Crippen LogP contribution in [0, 0.1) is 16.5 Å². The van der Waals surface area contributed by atoms with Crippen molar-refractivity contribution in [3.63, 3.8) is 0 Å². The fraction of sp³-hybridized carbons (Fsp3) is 0.500. The lowest BCUT2D eigenvalue weighted by molar-refractivity contribution is 0.0933. The SMILES string of the molecule is CCc1[nH]c(=S)ccc1C(=O)NCC1CCC(C(c2ccc(Cl)cc2)N(C)C)CC1. The van der Waals surface area contributed by atoms with Gasteiger partial charge in [-0.1, -0.05) is 42.9 Å². The van der Waals surface area contributed by atoms with E-state index in [0.717, 1.165) is 36.5 Å². The van der Waals surface area contributed by atoms with Crippen molar-refractivity contribution in [3.8, 4) is 0 Å². The summed E-state index contributed by atoms with van der Waals surface area (Å²) in [7, 11) is 4.31. The van der Waals surface area contributed by atoms with Crippen LogP contribution in [0.25, 0.3) is 0 Å². The zero-order valence-corrected chi connectivity index (χ0v) is 19.7. The largest absolute Gasteiger partial charge is 0.352 e. The average Bonchev–Trinajstić information content (AvgIpc) is 2.74. The Morgan fingerprint density at radius 1 is 1.17 bits per heavy atom. The van der Waals surface area contributed by atoms with E-state index in [1.54, 1.807) is 6.07 Å². The second-order valence-corrected chi connectivity index (χ2v) is 9.40. The van der Waals surface area contributed by atoms with Crippen molar-refractivity contribution in [1.82, 2.24) is 15.2 Å². The number of nitrogens with zero attached hydrogens (tertiary/aromatic N) is 1. The third-order valence-corrected chi connectivity index (χ3v) is 6.75. The Bertz CT molecular complexity index is 901. The minimum absolute atomic E-state index is 0.00689. The molecule has 2 N–H and O–H groups in total. The molecule has 0 aliphatic heterocycles. The highest BCUT2D eigenvalue weighted by Crippen LogP contribution is 2.39. The lowest BCUT2D eigenvalue weighted by Crippen LogP contribution is -2.34. The molecular weight excluding hydrogens is 414 g/mol. The molecule has 1 aliphatic rings. The number of halogens is 1. The summed E-state index contributed by atoms with van der Waals surface area (Å²) in [5.74, 6) is 1.15. The molecule has 2 aromatic rings. The lowest BCUT2D eigenvalue weighted by atomic mass is 9.76. The highest BCUT2D eigenvalue weighted by molar-refractivity contribution is 7.71. The van der Waals surface area contributed by atoms with E-state index in [-0.39, 0.29) is 5.91 Å². The Morgan fingerprint density at radius 3 is 2.43 bits per heavy atom. The summed E-state index contributed by atoms with van der Waals surface area (Å²) in [5, 5.41) is 3.93. The maximum absolute atomic E-state index is 12.7. The second kappa shape index (κ2) is 10.6. The topological polar surface area (TPSA) is 48.1 Å². The highest BCUT2D eigenvalue weighted by Gasteiger charge is 2.30. The van der Waals surface area contributed by atoms with Gasteiger partial charge in [-0.3, -0.25) is 4.79 Å². The number of aromatic amines is 1. The molecule has 1 aromatic carbocycles. The first-order chi connectivity index (χ1) is 14.4. The number of aromatic nitrogens is 1. The van der Waals surface area contributed by atoms with Gasteiger partial charge in [-0.25, -0.2) is 0 Å². The van der Waals surface area contributed by atoms with Crippen LogP contribution in [0.5, 0.6) is 0 Å². The molecule has 1 heterocycles. The molecule has 1 saturated carbocycles. The molecule has 0 bridgehead atoms. The second-order valence-electron chi connectivity index (χ2n) is 8.52. The van der Waals surface area contributed by atoms with Gasteiger partial charge < -0.3 is 15.2 Å². The maximum Gasteiger partial charge on any atom is 0.253 e. The molecule has 1 unspecified atom stereocenters. The van der Waals surface area contributed by atoms with E-state index < -0.39 is 0 Å². The van der Waals surface area contributed by atoms with E-state index in [0.29, 0.717) is 28.1 Å². The molecule has 1 amide bonds. The molecule has 30 heavy (non-hydrogen) atoms. The van der Waals surface area contributed by atoms with Crippen LogP contribution in [-0.4, -0.2) is 36.4 Å². The summed E-state index contributed by atoms with van der Waals surface area (Å²) in [5.41, 5.74) is 2.94. The molecule has 1 aromatic heterocycles. The maximum atomic E-state index is 12.7. The number of H-pyrrole nitrogens is 1. The van der Waals surface area contributed by atoms with Crippen molar-refractivity contribution >= 4 is 29.7 Å². The summed E-state index contributed by atoms with van der Waals surface area (Å²) in [6.45, 7) is 2.76. The number of amides is 1. The molecule has 1 aliphatic carbocycles. The van der Waals surface area contributed by atoms with E-state index in [2.05, 4.69) is 41.4 Å². The number of rotatable bonds is 7. The van der Waals surface area contributed by atoms with Gasteiger partial charge in [0.05, 0.1) is 5.56 Å². The van der Waals surface area contributed by atoms with E-state index in [1.807, 2.05) is 25.1 Å². The number of nitrogens with one attached hydrogen (secondary N) is 2. The molecule has 162 valence electrons. The lowest BCUT2D eigenvalue weighted by Gasteiger charge is -2.37. The van der Waals surface area contributed by atoms with E-state index in [9.17, 15) is 4.79 Å². The van der Waals surface area contributed by atoms with Crippen molar-refractivity contribution in [2.45, 2.75) is 45.1 Å². The molecule has 4 nitrogen and oxygen atoms in total. The van der Waals surface area contributed by atoms with Crippen LogP contribution in [0.3, 0.4) is 0 Å². The predicted octanol–water partition coefficient (Wildman–Crippen LogP) is 5.80. The molecule has 1 fully saturated rings. The van der Waals surface area contributed by atoms with Crippen LogP contribution in [0.1, 0.15) is 60.3 Å². The van der Waals surface area contributed by atoms with Crippen LogP contribution in [-0.2, 0) is 6.42 Å². The van der Waals surface area contributed by atoms with Gasteiger partial charge in [0, 0.05) is 23.3 Å². The summed E-state index contributed by atoms with van der Waals surface area (Å²) >= 11 is 11.3. The molecule has 3 rings (SSSR count). The summed E-state index contributed by atoms with van der Waals surface area (Å²) in [6.07, 6.45) is 5.38. The van der Waals surface area contributed by atoms with Crippen molar-refractivity contribution in [3.05, 3.63) is 62.9 Å². The minimum Gasteiger partial charge on any atom is -0.352 e. The summed E-state index contributed by atoms with van der Waals surface area (Å²) < 4.78 is 0.665. The van der Waals surface area contributed by atoms with Crippen LogP contribution >= 0.6 is 23.8 Å². The fourth-order valence-electron chi connectivity index (χ4n) is 4.70. The number of carbonyl (C=O) groups excluding carboxylic acids is 1. The fourth-order valence-corrected chi connectivity index (χ4v) is 5.02. The average molecular weight is 446 g/mol. The standard InChI is InChI=1S/C24H32ClN3OS/c1-4-21-20(13-14-22(30)27-21)24(29)26-15-16-5-7-17(8-6-16)23(28(2)3)18-9-11-19(25)12-10-18/h9-14,16-17,23H,4-8,15H2,1-3H3,(H,26,29)(H,27,30). The van der Waals surface area contributed by atoms with Gasteiger partial charge in [-0.15, -0.1) is 0 Å². The monoisotopic (exact) mass is 445 g/mol. The summed E-state index contributed by atoms with van der Waals surface area (Å²) in [6, 6.07) is 12.3. The van der Waals surface area contributed by atoms with Gasteiger partial charge in [-0.2, -0.15) is 0 Å². The molecule has 0 saturated heterocycles. The number of hydrogen-bond donors (Lipinski definition) is 2. The number of hydrogen-bond acceptors (Lipinski definition) is 3. The van der Waals surface area contributed by atoms with Crippen LogP contribution in [0.4, 0.5) is 0 Å². The molecule has 6 heteroatoms. The Balaban J connectivity index is 1.55. The highest BCUT2D eigenvalue weighted by atomic mass is 35.5. The molecule has 0 spiro atoms. The summed E-state index contributed by atoms with van der Waals surface area (Å²) in [4.78, 5) is 18.1. The smallest absolute Gasteiger partial charge is 0.253 e. The van der Waals surface area contributed by atoms with Gasteiger partial charge in [-0.05, 0) is 87.9 Å². The Morgan fingerprint density at radius 2 is 1.83 bits per heavy atom. The number of carbonyl (C=O) groups is 1. The van der Waals surface area contributed by atoms with Gasteiger partial charge >= 0.3 is 0 Å². The van der Waals surface area contributed by atoms with Gasteiger partial charge in [0.15, 0.2) is 0 Å². The van der Waals surface area contributed by atoms with Crippen LogP contribution in [0.15, 0.2) is 36.4 Å². The molecule has 0 radical (unpaired) electrons. The van der Waals surface area contributed by atoms with Crippen molar-refractivity contribution in [2.75, 3.05) is 20.6 Å². The Labute approximate surface area is 190 Å². The number of pyridine rings is 1. The van der Waals surface area contributed by atoms with E-state index >= 15 is 0 Å². The van der Waals surface area contributed by atoms with Gasteiger partial charge in [0.2, 0.25) is 0 Å². The first-order valence-corrected chi connectivity index (χ1v) is 11.6. The Hall–Kier alpha value is -1.69. The third-order valence-electron chi connectivity index (χ3n) is 6.26. The normalized spacial score (nSPS) is 20.2. The van der Waals surface area contributed by atoms with Crippen LogP contribution < -0.4 is 5.32 Å². The van der Waals surface area contributed by atoms with Crippen molar-refractivity contribution in [2.24, 2.45) is 11.8 Å². The molecule has 1 atom stereocenters. The van der Waals surface area contributed by atoms with Crippen LogP contribution in [0.2, 0.25) is 5.02 Å². The van der Waals surface area contributed by atoms with Crippen molar-refractivity contribution < 1.29 is 4.79 Å². The third kappa shape index (κ3) is 5.71. The zero-order chi connectivity index (χ0) is 21.7. The molecular formula is C24H32ClN3OS. The first-order valence-electron chi connectivity index (χ1n) is 10.8. The minimum atomic E-state index is -0.00689. The Kier molecular flexibility index (Phi) is 8.09. The van der Waals surface area contributed by atoms with E-state index in [1.165, 1.54) is 18.4 Å². The first kappa shape index (κ1) is 23.0. The number of benzene rings is 1. The predicted molar refractivity (Wildman–Crippen MR) is 127 cm³/mol. The van der Waals surface area contributed by atoms with E-state index in [4.69, 9.17) is 23.8 Å².